The third-order valence-corrected chi connectivity index (χ3v) is 3.07. The molecule has 0 unspecified atom stereocenters. The molecule has 0 spiro atoms. The van der Waals surface area contributed by atoms with Crippen LogP contribution in [0.15, 0.2) is 73.2 Å². The van der Waals surface area contributed by atoms with Crippen molar-refractivity contribution in [2.45, 2.75) is 6.54 Å². The number of hydrogen-bond acceptors (Lipinski definition) is 3. The van der Waals surface area contributed by atoms with Crippen LogP contribution < -0.4 is 4.57 Å². The standard InChI is InChI=1S/C17H14N3O/c21-17(13-20-11-4-1-5-12-20)16-9-6-8-15(19-16)14-7-2-3-10-18-14/h1-12H,13H2/q+1. The van der Waals surface area contributed by atoms with Crippen molar-refractivity contribution in [3.63, 3.8) is 0 Å². The fourth-order valence-corrected chi connectivity index (χ4v) is 2.03. The zero-order valence-electron chi connectivity index (χ0n) is 11.4. The molecule has 0 aliphatic rings. The lowest BCUT2D eigenvalue weighted by molar-refractivity contribution is -0.683. The highest BCUT2D eigenvalue weighted by Gasteiger charge is 2.14. The van der Waals surface area contributed by atoms with Crippen LogP contribution in [0.4, 0.5) is 0 Å². The van der Waals surface area contributed by atoms with E-state index < -0.39 is 0 Å². The zero-order valence-corrected chi connectivity index (χ0v) is 11.4. The highest BCUT2D eigenvalue weighted by atomic mass is 16.1. The molecule has 0 amide bonds. The topological polar surface area (TPSA) is 46.7 Å². The van der Waals surface area contributed by atoms with Crippen molar-refractivity contribution >= 4 is 5.78 Å². The summed E-state index contributed by atoms with van der Waals surface area (Å²) in [7, 11) is 0. The number of pyridine rings is 3. The molecule has 0 N–H and O–H groups in total. The molecule has 4 nitrogen and oxygen atoms in total. The molecule has 21 heavy (non-hydrogen) atoms. The second-order valence-electron chi connectivity index (χ2n) is 4.59. The maximum atomic E-state index is 12.3. The van der Waals surface area contributed by atoms with E-state index in [2.05, 4.69) is 9.97 Å². The van der Waals surface area contributed by atoms with E-state index in [-0.39, 0.29) is 12.3 Å². The Hall–Kier alpha value is -2.88. The molecule has 0 aromatic carbocycles. The molecular formula is C17H14N3O+. The van der Waals surface area contributed by atoms with E-state index in [0.29, 0.717) is 11.4 Å². The van der Waals surface area contributed by atoms with Gasteiger partial charge in [0.1, 0.15) is 5.69 Å². The summed E-state index contributed by atoms with van der Waals surface area (Å²) in [6, 6.07) is 16.8. The van der Waals surface area contributed by atoms with Gasteiger partial charge in [-0.15, -0.1) is 0 Å². The Kier molecular flexibility index (Phi) is 3.78. The van der Waals surface area contributed by atoms with Crippen molar-refractivity contribution in [3.8, 4) is 11.4 Å². The number of rotatable bonds is 4. The van der Waals surface area contributed by atoms with Crippen LogP contribution in [0.3, 0.4) is 0 Å². The molecule has 0 radical (unpaired) electrons. The minimum atomic E-state index is -0.0241. The molecule has 0 bridgehead atoms. The second-order valence-corrected chi connectivity index (χ2v) is 4.59. The summed E-state index contributed by atoms with van der Waals surface area (Å²) in [5.74, 6) is -0.0241. The average molecular weight is 276 g/mol. The van der Waals surface area contributed by atoms with Crippen LogP contribution in [0.25, 0.3) is 11.4 Å². The molecule has 4 heteroatoms. The van der Waals surface area contributed by atoms with Gasteiger partial charge in [-0.1, -0.05) is 18.2 Å². The maximum absolute atomic E-state index is 12.3. The predicted molar refractivity (Wildman–Crippen MR) is 78.4 cm³/mol. The first-order chi connectivity index (χ1) is 10.3. The highest BCUT2D eigenvalue weighted by molar-refractivity contribution is 5.93. The van der Waals surface area contributed by atoms with Crippen molar-refractivity contribution in [1.82, 2.24) is 9.97 Å². The second kappa shape index (κ2) is 6.05. The molecule has 3 heterocycles. The number of carbonyl (C=O) groups excluding carboxylic acids is 1. The summed E-state index contributed by atoms with van der Waals surface area (Å²) in [5.41, 5.74) is 1.92. The number of hydrogen-bond donors (Lipinski definition) is 0. The van der Waals surface area contributed by atoms with Gasteiger partial charge in [-0.3, -0.25) is 9.78 Å². The average Bonchev–Trinajstić information content (AvgIpc) is 2.57. The fraction of sp³-hybridized carbons (Fsp3) is 0.0588. The Labute approximate surface area is 122 Å². The summed E-state index contributed by atoms with van der Waals surface area (Å²) >= 11 is 0. The first kappa shape index (κ1) is 13.1. The summed E-state index contributed by atoms with van der Waals surface area (Å²) in [6.45, 7) is 0.277. The van der Waals surface area contributed by atoms with Crippen molar-refractivity contribution in [3.05, 3.63) is 78.9 Å². The van der Waals surface area contributed by atoms with Gasteiger partial charge < -0.3 is 0 Å². The predicted octanol–water partition coefficient (Wildman–Crippen LogP) is 2.31. The van der Waals surface area contributed by atoms with Crippen LogP contribution in [0, 0.1) is 0 Å². The largest absolute Gasteiger partial charge is 0.285 e. The first-order valence-electron chi connectivity index (χ1n) is 6.69. The Bertz CT molecular complexity index is 742. The van der Waals surface area contributed by atoms with Crippen molar-refractivity contribution in [2.75, 3.05) is 0 Å². The van der Waals surface area contributed by atoms with Gasteiger partial charge in [0.15, 0.2) is 12.4 Å². The van der Waals surface area contributed by atoms with E-state index in [1.165, 1.54) is 0 Å². The summed E-state index contributed by atoms with van der Waals surface area (Å²) in [5, 5.41) is 0. The highest BCUT2D eigenvalue weighted by Crippen LogP contribution is 2.13. The lowest BCUT2D eigenvalue weighted by Crippen LogP contribution is -2.37. The number of nitrogens with zero attached hydrogens (tertiary/aromatic N) is 3. The normalized spacial score (nSPS) is 10.3. The molecule has 3 aromatic rings. The lowest BCUT2D eigenvalue weighted by atomic mass is 10.2. The summed E-state index contributed by atoms with van der Waals surface area (Å²) < 4.78 is 1.83. The molecule has 0 aliphatic carbocycles. The SMILES string of the molecule is O=C(C[n+]1ccccc1)c1cccc(-c2ccccn2)n1. The van der Waals surface area contributed by atoms with Gasteiger partial charge >= 0.3 is 0 Å². The molecule has 0 saturated carbocycles. The molecule has 0 saturated heterocycles. The van der Waals surface area contributed by atoms with Gasteiger partial charge in [0.05, 0.1) is 11.4 Å². The Morgan fingerprint density at radius 2 is 1.71 bits per heavy atom. The first-order valence-corrected chi connectivity index (χ1v) is 6.69. The fourth-order valence-electron chi connectivity index (χ4n) is 2.03. The van der Waals surface area contributed by atoms with E-state index in [4.69, 9.17) is 0 Å². The third kappa shape index (κ3) is 3.17. The number of ketones is 1. The quantitative estimate of drug-likeness (QED) is 0.542. The van der Waals surface area contributed by atoms with Gasteiger partial charge in [0, 0.05) is 18.3 Å². The lowest BCUT2D eigenvalue weighted by Gasteiger charge is -2.02. The summed E-state index contributed by atoms with van der Waals surface area (Å²) in [6.07, 6.45) is 5.44. The van der Waals surface area contributed by atoms with E-state index in [0.717, 1.165) is 5.69 Å². The van der Waals surface area contributed by atoms with Crippen LogP contribution in [0.1, 0.15) is 10.5 Å². The minimum absolute atomic E-state index is 0.0241. The zero-order chi connectivity index (χ0) is 14.5. The smallest absolute Gasteiger partial charge is 0.245 e. The number of carbonyl (C=O) groups is 1. The van der Waals surface area contributed by atoms with Gasteiger partial charge in [0.25, 0.3) is 0 Å². The molecular weight excluding hydrogens is 262 g/mol. The van der Waals surface area contributed by atoms with Gasteiger partial charge in [0.2, 0.25) is 12.3 Å². The number of aromatic nitrogens is 3. The maximum Gasteiger partial charge on any atom is 0.245 e. The molecule has 0 fully saturated rings. The molecule has 0 atom stereocenters. The van der Waals surface area contributed by atoms with Gasteiger partial charge in [-0.05, 0) is 24.3 Å². The van der Waals surface area contributed by atoms with E-state index in [1.807, 2.05) is 65.5 Å². The molecule has 102 valence electrons. The number of Topliss-reactive ketones (excluding diaryl/α,β-unsaturated/α-hetero) is 1. The van der Waals surface area contributed by atoms with Crippen LogP contribution >= 0.6 is 0 Å². The monoisotopic (exact) mass is 276 g/mol. The van der Waals surface area contributed by atoms with Crippen molar-refractivity contribution in [2.24, 2.45) is 0 Å². The Balaban J connectivity index is 1.85. The Morgan fingerprint density at radius 1 is 0.905 bits per heavy atom. The van der Waals surface area contributed by atoms with Crippen LogP contribution in [0.5, 0.6) is 0 Å². The van der Waals surface area contributed by atoms with Gasteiger partial charge in [-0.25, -0.2) is 4.98 Å². The van der Waals surface area contributed by atoms with Crippen LogP contribution in [-0.2, 0) is 6.54 Å². The van der Waals surface area contributed by atoms with E-state index in [1.54, 1.807) is 12.3 Å². The van der Waals surface area contributed by atoms with Crippen LogP contribution in [-0.4, -0.2) is 15.8 Å². The molecule has 3 rings (SSSR count). The van der Waals surface area contributed by atoms with Crippen LogP contribution in [0.2, 0.25) is 0 Å². The molecule has 3 aromatic heterocycles. The minimum Gasteiger partial charge on any atom is -0.285 e. The van der Waals surface area contributed by atoms with Crippen molar-refractivity contribution in [1.29, 1.82) is 0 Å². The van der Waals surface area contributed by atoms with Crippen molar-refractivity contribution < 1.29 is 9.36 Å². The van der Waals surface area contributed by atoms with Gasteiger partial charge in [-0.2, -0.15) is 4.57 Å². The molecule has 0 aliphatic heterocycles. The van der Waals surface area contributed by atoms with E-state index in [9.17, 15) is 4.79 Å². The van der Waals surface area contributed by atoms with E-state index >= 15 is 0 Å². The summed E-state index contributed by atoms with van der Waals surface area (Å²) in [4.78, 5) is 21.0. The third-order valence-electron chi connectivity index (χ3n) is 3.07. The Morgan fingerprint density at radius 3 is 2.48 bits per heavy atom.